The van der Waals surface area contributed by atoms with Gasteiger partial charge in [0.15, 0.2) is 5.82 Å². The maximum atomic E-state index is 12.4. The number of aromatic nitrogens is 4. The van der Waals surface area contributed by atoms with Gasteiger partial charge < -0.3 is 4.84 Å². The Balaban J connectivity index is 1.41. The van der Waals surface area contributed by atoms with E-state index in [1.807, 2.05) is 24.3 Å². The molecule has 0 radical (unpaired) electrons. The molecule has 1 atom stereocenters. The van der Waals surface area contributed by atoms with E-state index < -0.39 is 6.10 Å². The van der Waals surface area contributed by atoms with Crippen molar-refractivity contribution in [3.63, 3.8) is 0 Å². The Morgan fingerprint density at radius 1 is 1.27 bits per heavy atom. The van der Waals surface area contributed by atoms with Gasteiger partial charge in [-0.15, -0.1) is 5.10 Å². The van der Waals surface area contributed by atoms with E-state index in [-0.39, 0.29) is 11.9 Å². The zero-order valence-electron chi connectivity index (χ0n) is 13.4. The molecule has 4 rings (SSSR count). The van der Waals surface area contributed by atoms with Gasteiger partial charge >= 0.3 is 0 Å². The summed E-state index contributed by atoms with van der Waals surface area (Å²) in [5.74, 6) is 0.228. The van der Waals surface area contributed by atoms with Crippen LogP contribution in [0.5, 0.6) is 0 Å². The van der Waals surface area contributed by atoms with E-state index in [0.717, 1.165) is 5.56 Å². The van der Waals surface area contributed by atoms with Crippen molar-refractivity contribution >= 4 is 29.2 Å². The number of hydrogen-bond donors (Lipinski definition) is 2. The van der Waals surface area contributed by atoms with Crippen molar-refractivity contribution < 1.29 is 9.63 Å². The Labute approximate surface area is 153 Å². The number of nitrogens with one attached hydrogen (secondary N) is 2. The van der Waals surface area contributed by atoms with Gasteiger partial charge in [-0.1, -0.05) is 28.9 Å². The lowest BCUT2D eigenvalue weighted by atomic mass is 10.1. The molecule has 8 nitrogen and oxygen atoms in total. The molecule has 0 aliphatic carbocycles. The summed E-state index contributed by atoms with van der Waals surface area (Å²) in [5, 5.41) is 13.9. The second-order valence-corrected chi connectivity index (χ2v) is 5.96. The van der Waals surface area contributed by atoms with Crippen LogP contribution in [0, 0.1) is 0 Å². The summed E-state index contributed by atoms with van der Waals surface area (Å²) in [7, 11) is 0. The predicted molar refractivity (Wildman–Crippen MR) is 95.7 cm³/mol. The Morgan fingerprint density at radius 2 is 2.15 bits per heavy atom. The number of anilines is 1. The number of aromatic amines is 1. The molecule has 0 saturated carbocycles. The van der Waals surface area contributed by atoms with Crippen LogP contribution in [0.25, 0.3) is 11.4 Å². The second kappa shape index (κ2) is 6.93. The van der Waals surface area contributed by atoms with Crippen LogP contribution in [0.1, 0.15) is 12.0 Å². The van der Waals surface area contributed by atoms with Crippen LogP contribution in [0.15, 0.2) is 53.9 Å². The molecule has 3 heterocycles. The molecular formula is C17H13ClN6O2. The maximum Gasteiger partial charge on any atom is 0.271 e. The van der Waals surface area contributed by atoms with Gasteiger partial charge in [0.05, 0.1) is 10.7 Å². The lowest BCUT2D eigenvalue weighted by Crippen LogP contribution is -2.28. The molecule has 1 aliphatic heterocycles. The molecule has 1 aromatic carbocycles. The summed E-state index contributed by atoms with van der Waals surface area (Å²) in [5.41, 5.74) is 2.19. The first-order valence-electron chi connectivity index (χ1n) is 7.82. The van der Waals surface area contributed by atoms with Crippen LogP contribution < -0.4 is 5.32 Å². The lowest BCUT2D eigenvalue weighted by molar-refractivity contribution is -0.125. The van der Waals surface area contributed by atoms with Gasteiger partial charge in [-0.2, -0.15) is 4.98 Å². The molecule has 26 heavy (non-hydrogen) atoms. The fraction of sp³-hybridized carbons (Fsp3) is 0.118. The fourth-order valence-corrected chi connectivity index (χ4v) is 2.73. The first-order chi connectivity index (χ1) is 12.7. The Kier molecular flexibility index (Phi) is 4.32. The monoisotopic (exact) mass is 368 g/mol. The summed E-state index contributed by atoms with van der Waals surface area (Å²) in [6.45, 7) is 0. The highest BCUT2D eigenvalue weighted by Gasteiger charge is 2.29. The van der Waals surface area contributed by atoms with Crippen LogP contribution in [-0.2, 0) is 9.63 Å². The number of carbonyl (C=O) groups excluding carboxylic acids is 1. The first-order valence-corrected chi connectivity index (χ1v) is 8.20. The number of carbonyl (C=O) groups is 1. The van der Waals surface area contributed by atoms with Crippen LogP contribution in [0.2, 0.25) is 5.02 Å². The maximum absolute atomic E-state index is 12.4. The first kappa shape index (κ1) is 16.2. The highest BCUT2D eigenvalue weighted by molar-refractivity contribution is 6.33. The highest BCUT2D eigenvalue weighted by atomic mass is 35.5. The zero-order valence-corrected chi connectivity index (χ0v) is 14.1. The van der Waals surface area contributed by atoms with Crippen LogP contribution in [0.4, 0.5) is 5.95 Å². The van der Waals surface area contributed by atoms with E-state index in [1.165, 1.54) is 0 Å². The van der Waals surface area contributed by atoms with Crippen molar-refractivity contribution in [2.45, 2.75) is 12.5 Å². The van der Waals surface area contributed by atoms with E-state index in [2.05, 4.69) is 30.6 Å². The molecule has 1 amide bonds. The molecular weight excluding hydrogens is 356 g/mol. The number of halogens is 1. The van der Waals surface area contributed by atoms with Crippen LogP contribution in [-0.4, -0.2) is 37.9 Å². The number of rotatable bonds is 4. The minimum atomic E-state index is -0.743. The number of amides is 1. The minimum Gasteiger partial charge on any atom is -0.382 e. The number of oxime groups is 1. The van der Waals surface area contributed by atoms with Gasteiger partial charge in [0.2, 0.25) is 12.1 Å². The normalized spacial score (nSPS) is 16.0. The summed E-state index contributed by atoms with van der Waals surface area (Å²) in [6, 6.07) is 10.9. The van der Waals surface area contributed by atoms with Gasteiger partial charge in [0, 0.05) is 29.9 Å². The molecule has 130 valence electrons. The number of pyridine rings is 1. The average molecular weight is 369 g/mol. The smallest absolute Gasteiger partial charge is 0.271 e. The SMILES string of the molecule is O=C(Nc1n[nH]c(-c2ccccc2Cl)n1)[C@H]1CC(c2cccnc2)=NO1. The van der Waals surface area contributed by atoms with Crippen molar-refractivity contribution in [2.24, 2.45) is 5.16 Å². The number of benzene rings is 1. The third kappa shape index (κ3) is 3.27. The number of hydrogen-bond acceptors (Lipinski definition) is 6. The molecule has 0 fully saturated rings. The van der Waals surface area contributed by atoms with Crippen molar-refractivity contribution in [1.82, 2.24) is 20.2 Å². The Morgan fingerprint density at radius 3 is 2.96 bits per heavy atom. The van der Waals surface area contributed by atoms with E-state index >= 15 is 0 Å². The summed E-state index contributed by atoms with van der Waals surface area (Å²) >= 11 is 6.14. The van der Waals surface area contributed by atoms with Gasteiger partial charge in [0.1, 0.15) is 0 Å². The van der Waals surface area contributed by atoms with Crippen molar-refractivity contribution in [3.8, 4) is 11.4 Å². The fourth-order valence-electron chi connectivity index (χ4n) is 2.50. The molecule has 2 N–H and O–H groups in total. The van der Waals surface area contributed by atoms with Crippen LogP contribution in [0.3, 0.4) is 0 Å². The number of H-pyrrole nitrogens is 1. The van der Waals surface area contributed by atoms with Gasteiger partial charge in [-0.3, -0.25) is 20.2 Å². The highest BCUT2D eigenvalue weighted by Crippen LogP contribution is 2.25. The Hall–Kier alpha value is -3.26. The predicted octanol–water partition coefficient (Wildman–Crippen LogP) is 2.65. The van der Waals surface area contributed by atoms with Crippen LogP contribution >= 0.6 is 11.6 Å². The molecule has 0 unspecified atom stereocenters. The Bertz CT molecular complexity index is 972. The largest absolute Gasteiger partial charge is 0.382 e. The molecule has 1 aliphatic rings. The topological polar surface area (TPSA) is 105 Å². The lowest BCUT2D eigenvalue weighted by Gasteiger charge is -2.06. The van der Waals surface area contributed by atoms with E-state index in [9.17, 15) is 4.79 Å². The summed E-state index contributed by atoms with van der Waals surface area (Å²) < 4.78 is 0. The molecule has 2 aromatic heterocycles. The molecule has 0 bridgehead atoms. The van der Waals surface area contributed by atoms with Gasteiger partial charge in [-0.25, -0.2) is 0 Å². The van der Waals surface area contributed by atoms with Crippen molar-refractivity contribution in [2.75, 3.05) is 5.32 Å². The molecule has 3 aromatic rings. The third-order valence-corrected chi connectivity index (χ3v) is 4.14. The molecule has 0 spiro atoms. The number of nitrogens with zero attached hydrogens (tertiary/aromatic N) is 4. The van der Waals surface area contributed by atoms with E-state index in [0.29, 0.717) is 28.5 Å². The quantitative estimate of drug-likeness (QED) is 0.736. The standard InChI is InChI=1S/C17H13ClN6O2/c18-12-6-2-1-5-11(12)15-20-17(23-22-15)21-16(25)14-8-13(24-26-14)10-4-3-7-19-9-10/h1-7,9,14H,8H2,(H2,20,21,22,23,25)/t14-/m1/s1. The average Bonchev–Trinajstić information content (AvgIpc) is 3.33. The molecule has 0 saturated heterocycles. The summed E-state index contributed by atoms with van der Waals surface area (Å²) in [4.78, 5) is 25.9. The minimum absolute atomic E-state index is 0.142. The van der Waals surface area contributed by atoms with Crippen molar-refractivity contribution in [1.29, 1.82) is 0 Å². The van der Waals surface area contributed by atoms with Crippen molar-refractivity contribution in [3.05, 3.63) is 59.4 Å². The van der Waals surface area contributed by atoms with E-state index in [4.69, 9.17) is 16.4 Å². The second-order valence-electron chi connectivity index (χ2n) is 5.55. The zero-order chi connectivity index (χ0) is 17.9. The molecule has 9 heteroatoms. The van der Waals surface area contributed by atoms with E-state index in [1.54, 1.807) is 24.5 Å². The van der Waals surface area contributed by atoms with Gasteiger partial charge in [0.25, 0.3) is 5.91 Å². The summed E-state index contributed by atoms with van der Waals surface area (Å²) in [6.07, 6.45) is 2.95. The third-order valence-electron chi connectivity index (χ3n) is 3.81. The van der Waals surface area contributed by atoms with Gasteiger partial charge in [-0.05, 0) is 24.3 Å².